The molecule has 0 aromatic heterocycles. The molecule has 0 amide bonds. The number of aliphatic hydroxyl groups excluding tert-OH is 1. The lowest BCUT2D eigenvalue weighted by Gasteiger charge is -2.29. The maximum atomic E-state index is 14.1. The van der Waals surface area contributed by atoms with E-state index in [-0.39, 0.29) is 42.3 Å². The van der Waals surface area contributed by atoms with Crippen molar-refractivity contribution in [1.29, 1.82) is 0 Å². The van der Waals surface area contributed by atoms with Crippen LogP contribution in [0.1, 0.15) is 44.2 Å². The molecule has 0 saturated carbocycles. The highest BCUT2D eigenvalue weighted by Crippen LogP contribution is 2.30. The molecule has 7 nitrogen and oxygen atoms in total. The van der Waals surface area contributed by atoms with Crippen LogP contribution in [-0.4, -0.2) is 60.7 Å². The number of sulfonamides is 1. The first kappa shape index (κ1) is 30.1. The predicted molar refractivity (Wildman–Crippen MR) is 135 cm³/mol. The Hall–Kier alpha value is -2.11. The van der Waals surface area contributed by atoms with Gasteiger partial charge in [0.2, 0.25) is 10.0 Å². The molecule has 0 aliphatic rings. The molecule has 1 atom stereocenters. The quantitative estimate of drug-likeness (QED) is 0.330. The van der Waals surface area contributed by atoms with Crippen LogP contribution in [0.5, 0.6) is 0 Å². The van der Waals surface area contributed by atoms with E-state index < -0.39 is 38.3 Å². The third kappa shape index (κ3) is 8.77. The highest BCUT2D eigenvalue weighted by atomic mass is 35.5. The molecular formula is C25H33ClF2N2O5S. The van der Waals surface area contributed by atoms with Crippen LogP contribution >= 0.6 is 11.6 Å². The molecule has 2 rings (SSSR count). The van der Waals surface area contributed by atoms with E-state index >= 15 is 0 Å². The van der Waals surface area contributed by atoms with Crippen molar-refractivity contribution >= 4 is 27.6 Å². The van der Waals surface area contributed by atoms with Crippen LogP contribution in [0.25, 0.3) is 0 Å². The number of carbonyl (C=O) groups is 1. The maximum absolute atomic E-state index is 14.1. The Labute approximate surface area is 216 Å². The topological polar surface area (TPSA) is 107 Å². The Balaban J connectivity index is 1.96. The van der Waals surface area contributed by atoms with Crippen molar-refractivity contribution in [2.24, 2.45) is 0 Å². The lowest BCUT2D eigenvalue weighted by atomic mass is 9.95. The number of carboxylic acid groups (broad SMARTS) is 1. The minimum Gasteiger partial charge on any atom is -0.481 e. The number of aliphatic hydroxyl groups is 1. The molecule has 0 aliphatic heterocycles. The number of nitrogens with one attached hydrogen (secondary N) is 1. The first-order valence-corrected chi connectivity index (χ1v) is 13.4. The molecule has 0 bridgehead atoms. The van der Waals surface area contributed by atoms with Crippen LogP contribution in [-0.2, 0) is 27.7 Å². The third-order valence-electron chi connectivity index (χ3n) is 5.87. The van der Waals surface area contributed by atoms with Gasteiger partial charge in [-0.2, -0.15) is 4.31 Å². The first-order chi connectivity index (χ1) is 16.7. The van der Waals surface area contributed by atoms with Gasteiger partial charge in [-0.15, -0.1) is 0 Å². The van der Waals surface area contributed by atoms with Crippen molar-refractivity contribution in [2.45, 2.75) is 62.5 Å². The Morgan fingerprint density at radius 3 is 2.47 bits per heavy atom. The summed E-state index contributed by atoms with van der Waals surface area (Å²) in [4.78, 5) is 10.4. The monoisotopic (exact) mass is 546 g/mol. The normalized spacial score (nSPS) is 13.2. The van der Waals surface area contributed by atoms with Crippen LogP contribution in [0.3, 0.4) is 0 Å². The summed E-state index contributed by atoms with van der Waals surface area (Å²) in [6.45, 7) is 3.69. The number of hydrogen-bond donors (Lipinski definition) is 3. The average molecular weight is 547 g/mol. The largest absolute Gasteiger partial charge is 0.481 e. The summed E-state index contributed by atoms with van der Waals surface area (Å²) in [6.07, 6.45) is 0.447. The standard InChI is InChI=1S/C25H33ClF2N2O5S/c1-25(2,12-6-8-17-7-4-5-9-21(17)28)29-15-20(31)16-30(3)36(34,35)22-14-19(27)13-18(24(22)26)10-11-23(32)33/h4-5,7,9,13-14,20,29,31H,6,8,10-12,15-16H2,1-3H3,(H,32,33)/t20-/m1/s1. The van der Waals surface area contributed by atoms with Gasteiger partial charge >= 0.3 is 5.97 Å². The SMILES string of the molecule is CN(C[C@H](O)CNC(C)(C)CCCc1ccccc1F)S(=O)(=O)c1cc(F)cc(CCC(=O)O)c1Cl. The molecule has 0 radical (unpaired) electrons. The van der Waals surface area contributed by atoms with Gasteiger partial charge in [0.25, 0.3) is 0 Å². The smallest absolute Gasteiger partial charge is 0.303 e. The number of halogens is 3. The highest BCUT2D eigenvalue weighted by Gasteiger charge is 2.28. The van der Waals surface area contributed by atoms with Crippen molar-refractivity contribution in [2.75, 3.05) is 20.1 Å². The van der Waals surface area contributed by atoms with E-state index in [0.717, 1.165) is 16.4 Å². The van der Waals surface area contributed by atoms with Crippen molar-refractivity contribution in [1.82, 2.24) is 9.62 Å². The molecule has 36 heavy (non-hydrogen) atoms. The summed E-state index contributed by atoms with van der Waals surface area (Å²) in [7, 11) is -3.01. The second kappa shape index (κ2) is 12.9. The Bertz CT molecular complexity index is 1160. The summed E-state index contributed by atoms with van der Waals surface area (Å²) < 4.78 is 54.8. The van der Waals surface area contributed by atoms with E-state index in [1.54, 1.807) is 18.2 Å². The Morgan fingerprint density at radius 1 is 1.17 bits per heavy atom. The fraction of sp³-hybridized carbons (Fsp3) is 0.480. The van der Waals surface area contributed by atoms with E-state index in [4.69, 9.17) is 16.7 Å². The molecule has 0 unspecified atom stereocenters. The molecule has 2 aromatic rings. The second-order valence-corrected chi connectivity index (χ2v) is 11.8. The fourth-order valence-electron chi connectivity index (χ4n) is 3.76. The van der Waals surface area contributed by atoms with E-state index in [2.05, 4.69) is 5.32 Å². The number of benzene rings is 2. The lowest BCUT2D eigenvalue weighted by Crippen LogP contribution is -2.46. The van der Waals surface area contributed by atoms with Gasteiger partial charge in [-0.1, -0.05) is 29.8 Å². The number of hydrogen-bond acceptors (Lipinski definition) is 5. The van der Waals surface area contributed by atoms with Crippen LogP contribution in [0.4, 0.5) is 8.78 Å². The number of nitrogens with zero attached hydrogens (tertiary/aromatic N) is 1. The molecule has 11 heteroatoms. The van der Waals surface area contributed by atoms with Gasteiger partial charge in [0.05, 0.1) is 11.1 Å². The fourth-order valence-corrected chi connectivity index (χ4v) is 5.58. The zero-order chi connectivity index (χ0) is 27.1. The molecular weight excluding hydrogens is 514 g/mol. The number of rotatable bonds is 14. The van der Waals surface area contributed by atoms with Crippen LogP contribution in [0, 0.1) is 11.6 Å². The lowest BCUT2D eigenvalue weighted by molar-refractivity contribution is -0.136. The zero-order valence-electron chi connectivity index (χ0n) is 20.6. The minimum absolute atomic E-state index is 0.0744. The van der Waals surface area contributed by atoms with Crippen molar-refractivity contribution in [3.05, 3.63) is 64.2 Å². The van der Waals surface area contributed by atoms with Gasteiger partial charge in [-0.05, 0) is 68.9 Å². The van der Waals surface area contributed by atoms with Gasteiger partial charge in [-0.3, -0.25) is 4.79 Å². The number of aliphatic carboxylic acids is 1. The van der Waals surface area contributed by atoms with Crippen molar-refractivity contribution in [3.8, 4) is 0 Å². The molecule has 3 N–H and O–H groups in total. The van der Waals surface area contributed by atoms with Crippen molar-refractivity contribution < 1.29 is 32.2 Å². The van der Waals surface area contributed by atoms with Gasteiger partial charge in [0.1, 0.15) is 16.5 Å². The number of aryl methyl sites for hydroxylation is 2. The number of likely N-dealkylation sites (N-methyl/N-ethyl adjacent to an activating group) is 1. The molecule has 0 fully saturated rings. The minimum atomic E-state index is -4.26. The van der Waals surface area contributed by atoms with E-state index in [9.17, 15) is 27.1 Å². The van der Waals surface area contributed by atoms with Crippen molar-refractivity contribution in [3.63, 3.8) is 0 Å². The van der Waals surface area contributed by atoms with E-state index in [1.165, 1.54) is 13.1 Å². The van der Waals surface area contributed by atoms with E-state index in [1.807, 2.05) is 13.8 Å². The summed E-state index contributed by atoms with van der Waals surface area (Å²) in [5, 5.41) is 22.3. The van der Waals surface area contributed by atoms with Gasteiger partial charge in [-0.25, -0.2) is 17.2 Å². The zero-order valence-corrected chi connectivity index (χ0v) is 22.2. The molecule has 200 valence electrons. The van der Waals surface area contributed by atoms with Gasteiger partial charge in [0, 0.05) is 32.1 Å². The number of carboxylic acids is 1. The van der Waals surface area contributed by atoms with Crippen LogP contribution in [0.15, 0.2) is 41.3 Å². The first-order valence-electron chi connectivity index (χ1n) is 11.6. The highest BCUT2D eigenvalue weighted by molar-refractivity contribution is 7.89. The van der Waals surface area contributed by atoms with Gasteiger partial charge in [0.15, 0.2) is 0 Å². The summed E-state index contributed by atoms with van der Waals surface area (Å²) in [5.74, 6) is -2.22. The summed E-state index contributed by atoms with van der Waals surface area (Å²) >= 11 is 6.19. The molecule has 0 heterocycles. The third-order valence-corrected chi connectivity index (χ3v) is 8.27. The second-order valence-electron chi connectivity index (χ2n) is 9.42. The Morgan fingerprint density at radius 2 is 1.83 bits per heavy atom. The summed E-state index contributed by atoms with van der Waals surface area (Å²) in [5.41, 5.74) is 0.321. The molecule has 0 aliphatic carbocycles. The maximum Gasteiger partial charge on any atom is 0.303 e. The van der Waals surface area contributed by atoms with Crippen LogP contribution < -0.4 is 5.32 Å². The molecule has 0 saturated heterocycles. The van der Waals surface area contributed by atoms with E-state index in [0.29, 0.717) is 24.8 Å². The number of β-amino-alcohol motifs (C(OH)–C–C–N with tert-alkyl or cyclic N) is 1. The van der Waals surface area contributed by atoms with Crippen LogP contribution in [0.2, 0.25) is 5.02 Å². The average Bonchev–Trinajstić information content (AvgIpc) is 2.79. The summed E-state index contributed by atoms with van der Waals surface area (Å²) in [6, 6.07) is 8.39. The van der Waals surface area contributed by atoms with Gasteiger partial charge < -0.3 is 15.5 Å². The molecule has 2 aromatic carbocycles. The molecule has 0 spiro atoms. The predicted octanol–water partition coefficient (Wildman–Crippen LogP) is 4.01. The Kier molecular flexibility index (Phi) is 10.8.